The van der Waals surface area contributed by atoms with E-state index in [9.17, 15) is 14.4 Å². The molecular formula is C13H14ClN3O3. The van der Waals surface area contributed by atoms with Gasteiger partial charge in [-0.1, -0.05) is 23.7 Å². The van der Waals surface area contributed by atoms with Crippen LogP contribution in [0.5, 0.6) is 0 Å². The van der Waals surface area contributed by atoms with Crippen LogP contribution in [-0.2, 0) is 16.1 Å². The number of carbonyl (C=O) groups excluding carboxylic acids is 3. The molecule has 1 heterocycles. The fourth-order valence-electron chi connectivity index (χ4n) is 1.87. The average Bonchev–Trinajstić information content (AvgIpc) is 2.63. The summed E-state index contributed by atoms with van der Waals surface area (Å²) in [5, 5.41) is 3.23. The summed E-state index contributed by atoms with van der Waals surface area (Å²) in [5.41, 5.74) is 0.849. The van der Waals surface area contributed by atoms with Gasteiger partial charge in [-0.2, -0.15) is 0 Å². The molecule has 0 aromatic heterocycles. The van der Waals surface area contributed by atoms with Crippen LogP contribution in [0, 0.1) is 0 Å². The SMILES string of the molecule is CN1CC(=O)N(CC(=O)NCc2cccc(Cl)c2)C1=O. The first kappa shape index (κ1) is 14.3. The van der Waals surface area contributed by atoms with E-state index in [0.717, 1.165) is 10.5 Å². The van der Waals surface area contributed by atoms with E-state index in [1.165, 1.54) is 11.9 Å². The van der Waals surface area contributed by atoms with E-state index < -0.39 is 6.03 Å². The van der Waals surface area contributed by atoms with Crippen molar-refractivity contribution in [3.8, 4) is 0 Å². The van der Waals surface area contributed by atoms with Crippen molar-refractivity contribution in [2.45, 2.75) is 6.54 Å². The van der Waals surface area contributed by atoms with Crippen molar-refractivity contribution in [2.24, 2.45) is 0 Å². The first-order chi connectivity index (χ1) is 9.47. The lowest BCUT2D eigenvalue weighted by Gasteiger charge is -2.13. The molecule has 0 saturated carbocycles. The fourth-order valence-corrected chi connectivity index (χ4v) is 2.08. The quantitative estimate of drug-likeness (QED) is 0.837. The van der Waals surface area contributed by atoms with Gasteiger partial charge in [0.25, 0.3) is 5.91 Å². The van der Waals surface area contributed by atoms with Crippen molar-refractivity contribution < 1.29 is 14.4 Å². The molecule has 0 radical (unpaired) electrons. The second-order valence-electron chi connectivity index (χ2n) is 4.53. The molecule has 2 rings (SSSR count). The molecule has 1 aliphatic rings. The van der Waals surface area contributed by atoms with E-state index in [1.807, 2.05) is 6.07 Å². The Kier molecular flexibility index (Phi) is 4.24. The lowest BCUT2D eigenvalue weighted by Crippen LogP contribution is -2.40. The van der Waals surface area contributed by atoms with E-state index in [-0.39, 0.29) is 24.9 Å². The third-order valence-electron chi connectivity index (χ3n) is 2.91. The number of halogens is 1. The normalized spacial score (nSPS) is 14.9. The summed E-state index contributed by atoms with van der Waals surface area (Å²) in [6.45, 7) is 0.0500. The number of hydrogen-bond acceptors (Lipinski definition) is 3. The van der Waals surface area contributed by atoms with E-state index in [1.54, 1.807) is 18.2 Å². The molecule has 0 unspecified atom stereocenters. The smallest absolute Gasteiger partial charge is 0.327 e. The summed E-state index contributed by atoms with van der Waals surface area (Å²) in [4.78, 5) is 37.1. The molecule has 0 spiro atoms. The maximum atomic E-state index is 11.7. The molecule has 0 aliphatic carbocycles. The summed E-state index contributed by atoms with van der Waals surface area (Å²) in [5.74, 6) is -0.752. The van der Waals surface area contributed by atoms with Crippen molar-refractivity contribution in [1.29, 1.82) is 0 Å². The number of hydrogen-bond donors (Lipinski definition) is 1. The predicted octanol–water partition coefficient (Wildman–Crippen LogP) is 0.850. The Labute approximate surface area is 121 Å². The lowest BCUT2D eigenvalue weighted by molar-refractivity contribution is -0.130. The molecule has 7 heteroatoms. The average molecular weight is 296 g/mol. The zero-order valence-corrected chi connectivity index (χ0v) is 11.7. The summed E-state index contributed by atoms with van der Waals surface area (Å²) in [6, 6.07) is 6.64. The van der Waals surface area contributed by atoms with Crippen molar-refractivity contribution in [1.82, 2.24) is 15.1 Å². The second-order valence-corrected chi connectivity index (χ2v) is 4.96. The number of urea groups is 1. The highest BCUT2D eigenvalue weighted by molar-refractivity contribution is 6.30. The molecule has 1 saturated heterocycles. The van der Waals surface area contributed by atoms with Crippen molar-refractivity contribution in [3.05, 3.63) is 34.9 Å². The van der Waals surface area contributed by atoms with E-state index in [2.05, 4.69) is 5.32 Å². The largest absolute Gasteiger partial charge is 0.350 e. The van der Waals surface area contributed by atoms with Gasteiger partial charge in [0, 0.05) is 18.6 Å². The van der Waals surface area contributed by atoms with Gasteiger partial charge >= 0.3 is 6.03 Å². The maximum absolute atomic E-state index is 11.7. The van der Waals surface area contributed by atoms with Gasteiger partial charge in [0.15, 0.2) is 0 Å². The molecule has 106 valence electrons. The Morgan fingerprint density at radius 3 is 2.75 bits per heavy atom. The number of nitrogens with zero attached hydrogens (tertiary/aromatic N) is 2. The number of benzene rings is 1. The Hall–Kier alpha value is -2.08. The van der Waals surface area contributed by atoms with Crippen LogP contribution < -0.4 is 5.32 Å². The van der Waals surface area contributed by atoms with Crippen molar-refractivity contribution in [3.63, 3.8) is 0 Å². The number of nitrogens with one attached hydrogen (secondary N) is 1. The van der Waals surface area contributed by atoms with Gasteiger partial charge in [-0.3, -0.25) is 14.5 Å². The van der Waals surface area contributed by atoms with E-state index >= 15 is 0 Å². The molecule has 20 heavy (non-hydrogen) atoms. The second kappa shape index (κ2) is 5.92. The monoisotopic (exact) mass is 295 g/mol. The number of imide groups is 1. The standard InChI is InChI=1S/C13H14ClN3O3/c1-16-8-12(19)17(13(16)20)7-11(18)15-6-9-3-2-4-10(14)5-9/h2-5H,6-8H2,1H3,(H,15,18). The number of carbonyl (C=O) groups is 3. The van der Waals surface area contributed by atoms with Crippen LogP contribution in [0.1, 0.15) is 5.56 Å². The van der Waals surface area contributed by atoms with Gasteiger partial charge in [0.2, 0.25) is 5.91 Å². The van der Waals surface area contributed by atoms with Crippen LogP contribution in [0.25, 0.3) is 0 Å². The zero-order chi connectivity index (χ0) is 14.7. The molecule has 1 aliphatic heterocycles. The van der Waals surface area contributed by atoms with Gasteiger partial charge < -0.3 is 10.2 Å². The third kappa shape index (κ3) is 3.27. The summed E-state index contributed by atoms with van der Waals surface area (Å²) in [6.07, 6.45) is 0. The van der Waals surface area contributed by atoms with Gasteiger partial charge in [0.1, 0.15) is 13.1 Å². The highest BCUT2D eigenvalue weighted by Crippen LogP contribution is 2.10. The van der Waals surface area contributed by atoms with Gasteiger partial charge in [-0.25, -0.2) is 4.79 Å². The van der Waals surface area contributed by atoms with Crippen LogP contribution >= 0.6 is 11.6 Å². The highest BCUT2D eigenvalue weighted by atomic mass is 35.5. The fraction of sp³-hybridized carbons (Fsp3) is 0.308. The first-order valence-electron chi connectivity index (χ1n) is 6.04. The van der Waals surface area contributed by atoms with E-state index in [0.29, 0.717) is 11.6 Å². The minimum atomic E-state index is -0.451. The van der Waals surface area contributed by atoms with Gasteiger partial charge in [-0.05, 0) is 17.7 Å². The number of rotatable bonds is 4. The van der Waals surface area contributed by atoms with Crippen molar-refractivity contribution >= 4 is 29.4 Å². The molecule has 0 bridgehead atoms. The van der Waals surface area contributed by atoms with Crippen LogP contribution in [0.2, 0.25) is 5.02 Å². The highest BCUT2D eigenvalue weighted by Gasteiger charge is 2.34. The molecule has 1 fully saturated rings. The van der Waals surface area contributed by atoms with Crippen LogP contribution in [0.4, 0.5) is 4.79 Å². The Morgan fingerprint density at radius 1 is 1.40 bits per heavy atom. The first-order valence-corrected chi connectivity index (χ1v) is 6.42. The molecule has 1 N–H and O–H groups in total. The molecule has 6 nitrogen and oxygen atoms in total. The van der Waals surface area contributed by atoms with Crippen molar-refractivity contribution in [2.75, 3.05) is 20.1 Å². The van der Waals surface area contributed by atoms with Crippen LogP contribution in [0.15, 0.2) is 24.3 Å². The Balaban J connectivity index is 1.87. The Bertz CT molecular complexity index is 562. The Morgan fingerprint density at radius 2 is 2.15 bits per heavy atom. The molecule has 1 aromatic carbocycles. The molecule has 4 amide bonds. The van der Waals surface area contributed by atoms with Crippen LogP contribution in [0.3, 0.4) is 0 Å². The minimum absolute atomic E-state index is 0.0143. The number of likely N-dealkylation sites (N-methyl/N-ethyl adjacent to an activating group) is 1. The van der Waals surface area contributed by atoms with E-state index in [4.69, 9.17) is 11.6 Å². The third-order valence-corrected chi connectivity index (χ3v) is 3.15. The molecule has 0 atom stereocenters. The minimum Gasteiger partial charge on any atom is -0.350 e. The summed E-state index contributed by atoms with van der Waals surface area (Å²) >= 11 is 5.84. The van der Waals surface area contributed by atoms with Crippen LogP contribution in [-0.4, -0.2) is 47.8 Å². The zero-order valence-electron chi connectivity index (χ0n) is 10.9. The molecular weight excluding hydrogens is 282 g/mol. The summed E-state index contributed by atoms with van der Waals surface area (Å²) < 4.78 is 0. The molecule has 1 aromatic rings. The number of amides is 4. The maximum Gasteiger partial charge on any atom is 0.327 e. The van der Waals surface area contributed by atoms with Gasteiger partial charge in [0.05, 0.1) is 0 Å². The topological polar surface area (TPSA) is 69.7 Å². The predicted molar refractivity (Wildman–Crippen MR) is 73.0 cm³/mol. The van der Waals surface area contributed by atoms with Gasteiger partial charge in [-0.15, -0.1) is 0 Å². The lowest BCUT2D eigenvalue weighted by atomic mass is 10.2. The summed E-state index contributed by atoms with van der Waals surface area (Å²) in [7, 11) is 1.52.